The zero-order valence-electron chi connectivity index (χ0n) is 19.6. The quantitative estimate of drug-likeness (QED) is 0.363. The van der Waals surface area contributed by atoms with E-state index in [1.54, 1.807) is 21.4 Å². The van der Waals surface area contributed by atoms with Crippen molar-refractivity contribution in [1.82, 2.24) is 14.8 Å². The van der Waals surface area contributed by atoms with Crippen LogP contribution in [-0.4, -0.2) is 26.6 Å². The van der Waals surface area contributed by atoms with Gasteiger partial charge in [-0.25, -0.2) is 9.67 Å². The summed E-state index contributed by atoms with van der Waals surface area (Å²) in [5, 5.41) is 14.8. The van der Waals surface area contributed by atoms with E-state index in [0.717, 1.165) is 21.8 Å². The molecule has 0 aliphatic heterocycles. The molecule has 3 heterocycles. The van der Waals surface area contributed by atoms with E-state index in [-0.39, 0.29) is 23.7 Å². The number of anilines is 2. The first-order chi connectivity index (χ1) is 16.2. The summed E-state index contributed by atoms with van der Waals surface area (Å²) in [5.74, 6) is 0.292. The summed E-state index contributed by atoms with van der Waals surface area (Å²) in [4.78, 5) is 30.5. The summed E-state index contributed by atoms with van der Waals surface area (Å²) in [6.07, 6.45) is 0.410. The molecule has 9 heteroatoms. The third kappa shape index (κ3) is 5.98. The van der Waals surface area contributed by atoms with Crippen LogP contribution in [0.5, 0.6) is 0 Å². The second-order valence-electron chi connectivity index (χ2n) is 9.09. The summed E-state index contributed by atoms with van der Waals surface area (Å²) < 4.78 is 1.77. The van der Waals surface area contributed by atoms with E-state index in [1.807, 2.05) is 54.8 Å². The van der Waals surface area contributed by atoms with E-state index >= 15 is 0 Å². The van der Waals surface area contributed by atoms with Crippen molar-refractivity contribution in [2.45, 2.75) is 46.0 Å². The number of hydrogen-bond acceptors (Lipinski definition) is 6. The van der Waals surface area contributed by atoms with Gasteiger partial charge < -0.3 is 10.6 Å². The van der Waals surface area contributed by atoms with Gasteiger partial charge in [0, 0.05) is 21.7 Å². The summed E-state index contributed by atoms with van der Waals surface area (Å²) in [7, 11) is 0. The minimum atomic E-state index is -0.198. The minimum absolute atomic E-state index is 0.0984. The Morgan fingerprint density at radius 3 is 2.50 bits per heavy atom. The number of thiophene rings is 1. The van der Waals surface area contributed by atoms with Gasteiger partial charge in [0.25, 0.3) is 0 Å². The van der Waals surface area contributed by atoms with Gasteiger partial charge >= 0.3 is 0 Å². The van der Waals surface area contributed by atoms with Crippen LogP contribution in [0.2, 0.25) is 0 Å². The maximum Gasteiger partial charge on any atom is 0.231 e. The lowest BCUT2D eigenvalue weighted by molar-refractivity contribution is -0.116. The number of benzene rings is 1. The first-order valence-electron chi connectivity index (χ1n) is 10.9. The first kappa shape index (κ1) is 23.8. The molecule has 2 N–H and O–H groups in total. The van der Waals surface area contributed by atoms with Crippen LogP contribution in [-0.2, 0) is 27.8 Å². The summed E-state index contributed by atoms with van der Waals surface area (Å²) in [6, 6.07) is 13.7. The predicted molar refractivity (Wildman–Crippen MR) is 138 cm³/mol. The highest BCUT2D eigenvalue weighted by molar-refractivity contribution is 7.14. The average Bonchev–Trinajstić information content (AvgIpc) is 3.49. The van der Waals surface area contributed by atoms with Gasteiger partial charge in [-0.1, -0.05) is 39.0 Å². The first-order valence-corrected chi connectivity index (χ1v) is 12.7. The molecule has 0 saturated carbocycles. The highest BCUT2D eigenvalue weighted by atomic mass is 32.1. The Balaban J connectivity index is 1.45. The SMILES string of the molecule is Cc1cccc(-n2nc(C(C)(C)C)cc2NC(=O)Cc2csc(NC(=O)Cc3cccs3)n2)c1. The Morgan fingerprint density at radius 2 is 1.79 bits per heavy atom. The zero-order chi connectivity index (χ0) is 24.3. The fourth-order valence-corrected chi connectivity index (χ4v) is 4.76. The number of nitrogens with one attached hydrogen (secondary N) is 2. The van der Waals surface area contributed by atoms with E-state index in [1.165, 1.54) is 11.3 Å². The van der Waals surface area contributed by atoms with Gasteiger partial charge in [-0.15, -0.1) is 22.7 Å². The molecule has 3 aromatic heterocycles. The maximum absolute atomic E-state index is 12.9. The van der Waals surface area contributed by atoms with Crippen molar-refractivity contribution < 1.29 is 9.59 Å². The van der Waals surface area contributed by atoms with E-state index in [4.69, 9.17) is 5.10 Å². The Morgan fingerprint density at radius 1 is 1.00 bits per heavy atom. The van der Waals surface area contributed by atoms with Crippen molar-refractivity contribution in [2.75, 3.05) is 10.6 Å². The van der Waals surface area contributed by atoms with Gasteiger partial charge in [-0.3, -0.25) is 9.59 Å². The molecule has 0 atom stereocenters. The predicted octanol–water partition coefficient (Wildman–Crippen LogP) is 5.36. The molecule has 0 radical (unpaired) electrons. The van der Waals surface area contributed by atoms with E-state index < -0.39 is 0 Å². The van der Waals surface area contributed by atoms with Crippen LogP contribution in [0.3, 0.4) is 0 Å². The molecule has 0 fully saturated rings. The molecular weight excluding hydrogens is 466 g/mol. The molecular formula is C25H27N5O2S2. The van der Waals surface area contributed by atoms with Gasteiger partial charge in [0.05, 0.1) is 29.9 Å². The van der Waals surface area contributed by atoms with Crippen LogP contribution in [0.1, 0.15) is 42.6 Å². The van der Waals surface area contributed by atoms with Crippen LogP contribution in [0.4, 0.5) is 10.9 Å². The molecule has 0 spiro atoms. The highest BCUT2D eigenvalue weighted by Gasteiger charge is 2.22. The largest absolute Gasteiger partial charge is 0.310 e. The number of hydrogen-bond donors (Lipinski definition) is 2. The van der Waals surface area contributed by atoms with Crippen molar-refractivity contribution >= 4 is 45.4 Å². The van der Waals surface area contributed by atoms with Crippen molar-refractivity contribution in [3.05, 3.63) is 75.1 Å². The molecule has 176 valence electrons. The lowest BCUT2D eigenvalue weighted by Gasteiger charge is -2.14. The fourth-order valence-electron chi connectivity index (χ4n) is 3.33. The number of aromatic nitrogens is 3. The van der Waals surface area contributed by atoms with Crippen LogP contribution < -0.4 is 10.6 Å². The van der Waals surface area contributed by atoms with E-state index in [0.29, 0.717) is 23.1 Å². The number of rotatable bonds is 7. The molecule has 2 amide bonds. The van der Waals surface area contributed by atoms with Crippen LogP contribution in [0, 0.1) is 6.92 Å². The maximum atomic E-state index is 12.9. The number of amides is 2. The molecule has 0 aliphatic carbocycles. The molecule has 0 bridgehead atoms. The van der Waals surface area contributed by atoms with Crippen molar-refractivity contribution in [3.63, 3.8) is 0 Å². The lowest BCUT2D eigenvalue weighted by atomic mass is 9.92. The molecule has 0 unspecified atom stereocenters. The number of thiazole rings is 1. The van der Waals surface area contributed by atoms with Gasteiger partial charge in [-0.05, 0) is 36.1 Å². The molecule has 0 saturated heterocycles. The molecule has 4 aromatic rings. The number of carbonyl (C=O) groups is 2. The standard InChI is InChI=1S/C25H27N5O2S2/c1-16-7-5-8-18(11-16)30-21(14-20(29-30)25(2,3)4)27-22(31)12-17-15-34-24(26-17)28-23(32)13-19-9-6-10-33-19/h5-11,14-15H,12-13H2,1-4H3,(H,27,31)(H,26,28,32). The second kappa shape index (κ2) is 9.90. The molecule has 4 rings (SSSR count). The number of nitrogens with zero attached hydrogens (tertiary/aromatic N) is 3. The fraction of sp³-hybridized carbons (Fsp3) is 0.280. The third-order valence-electron chi connectivity index (χ3n) is 5.05. The van der Waals surface area contributed by atoms with Crippen LogP contribution in [0.25, 0.3) is 5.69 Å². The smallest absolute Gasteiger partial charge is 0.231 e. The Labute approximate surface area is 206 Å². The van der Waals surface area contributed by atoms with E-state index in [2.05, 4.69) is 36.4 Å². The summed E-state index contributed by atoms with van der Waals surface area (Å²) in [6.45, 7) is 8.29. The summed E-state index contributed by atoms with van der Waals surface area (Å²) in [5.41, 5.74) is 3.31. The minimum Gasteiger partial charge on any atom is -0.310 e. The Bertz CT molecular complexity index is 1300. The number of carbonyl (C=O) groups excluding carboxylic acids is 2. The molecule has 1 aromatic carbocycles. The zero-order valence-corrected chi connectivity index (χ0v) is 21.2. The molecule has 0 aliphatic rings. The monoisotopic (exact) mass is 493 g/mol. The second-order valence-corrected chi connectivity index (χ2v) is 11.0. The molecule has 34 heavy (non-hydrogen) atoms. The van der Waals surface area contributed by atoms with Crippen LogP contribution in [0.15, 0.2) is 53.2 Å². The van der Waals surface area contributed by atoms with Crippen molar-refractivity contribution in [3.8, 4) is 5.69 Å². The van der Waals surface area contributed by atoms with Gasteiger partial charge in [-0.2, -0.15) is 5.10 Å². The average molecular weight is 494 g/mol. The van der Waals surface area contributed by atoms with Gasteiger partial charge in [0.1, 0.15) is 5.82 Å². The highest BCUT2D eigenvalue weighted by Crippen LogP contribution is 2.27. The lowest BCUT2D eigenvalue weighted by Crippen LogP contribution is -2.17. The normalized spacial score (nSPS) is 11.4. The van der Waals surface area contributed by atoms with Crippen molar-refractivity contribution in [2.24, 2.45) is 0 Å². The van der Waals surface area contributed by atoms with Gasteiger partial charge in [0.15, 0.2) is 5.13 Å². The topological polar surface area (TPSA) is 88.9 Å². The Kier molecular flexibility index (Phi) is 6.95. The summed E-state index contributed by atoms with van der Waals surface area (Å²) >= 11 is 2.85. The Hall–Kier alpha value is -3.30. The van der Waals surface area contributed by atoms with Crippen LogP contribution >= 0.6 is 22.7 Å². The van der Waals surface area contributed by atoms with Gasteiger partial charge in [0.2, 0.25) is 11.8 Å². The van der Waals surface area contributed by atoms with E-state index in [9.17, 15) is 9.59 Å². The third-order valence-corrected chi connectivity index (χ3v) is 6.73. The number of aryl methyl sites for hydroxylation is 1. The van der Waals surface area contributed by atoms with Crippen molar-refractivity contribution in [1.29, 1.82) is 0 Å². The molecule has 7 nitrogen and oxygen atoms in total.